The van der Waals surface area contributed by atoms with Crippen LogP contribution in [-0.2, 0) is 9.59 Å². The summed E-state index contributed by atoms with van der Waals surface area (Å²) in [4.78, 5) is 22.8. The number of carbonyl (C=O) groups excluding carboxylic acids is 2. The zero-order chi connectivity index (χ0) is 22.9. The van der Waals surface area contributed by atoms with Gasteiger partial charge in [0.25, 0.3) is 0 Å². The first-order valence-electron chi connectivity index (χ1n) is 12.4. The van der Waals surface area contributed by atoms with Gasteiger partial charge in [-0.1, -0.05) is 62.1 Å². The number of amides is 2. The first kappa shape index (κ1) is 28.3. The van der Waals surface area contributed by atoms with Gasteiger partial charge in [-0.2, -0.15) is 0 Å². The summed E-state index contributed by atoms with van der Waals surface area (Å²) in [5.74, 6) is 3.88. The van der Waals surface area contributed by atoms with Crippen LogP contribution in [0.1, 0.15) is 83.5 Å². The maximum absolute atomic E-state index is 11.5. The predicted molar refractivity (Wildman–Crippen MR) is 147 cm³/mol. The second-order valence-electron chi connectivity index (χ2n) is 8.82. The fraction of sp³-hybridized carbons (Fsp3) is 0.833. The molecular formula is C24H42N2O2S4. The topological polar surface area (TPSA) is 58.2 Å². The highest BCUT2D eigenvalue weighted by molar-refractivity contribution is 8.77. The Kier molecular flexibility index (Phi) is 16.3. The highest BCUT2D eigenvalue weighted by Crippen LogP contribution is 2.40. The predicted octanol–water partition coefficient (Wildman–Crippen LogP) is 6.62. The third-order valence-corrected chi connectivity index (χ3v) is 11.8. The molecule has 184 valence electrons. The largest absolute Gasteiger partial charge is 0.356 e. The Labute approximate surface area is 211 Å². The molecule has 0 aromatic rings. The van der Waals surface area contributed by atoms with Gasteiger partial charge in [0, 0.05) is 47.9 Å². The van der Waals surface area contributed by atoms with E-state index in [-0.39, 0.29) is 11.8 Å². The number of hydrogen-bond acceptors (Lipinski definition) is 6. The number of unbranched alkanes of at least 4 members (excludes halogenated alkanes) is 2. The maximum atomic E-state index is 11.5. The van der Waals surface area contributed by atoms with Gasteiger partial charge in [0.2, 0.25) is 11.8 Å². The highest BCUT2D eigenvalue weighted by Gasteiger charge is 2.21. The summed E-state index contributed by atoms with van der Waals surface area (Å²) in [6, 6.07) is 0. The molecular weight excluding hydrogens is 477 g/mol. The van der Waals surface area contributed by atoms with E-state index >= 15 is 0 Å². The third-order valence-electron chi connectivity index (χ3n) is 5.77. The molecule has 1 aliphatic carbocycles. The molecule has 3 rings (SSSR count). The summed E-state index contributed by atoms with van der Waals surface area (Å²) in [6.45, 7) is 5.28. The van der Waals surface area contributed by atoms with Gasteiger partial charge >= 0.3 is 0 Å². The van der Waals surface area contributed by atoms with Crippen molar-refractivity contribution in [3.05, 3.63) is 12.7 Å². The molecule has 32 heavy (non-hydrogen) atoms. The zero-order valence-corrected chi connectivity index (χ0v) is 22.8. The molecule has 0 aromatic heterocycles. The Morgan fingerprint density at radius 1 is 0.812 bits per heavy atom. The van der Waals surface area contributed by atoms with Crippen molar-refractivity contribution in [1.82, 2.24) is 10.6 Å². The maximum Gasteiger partial charge on any atom is 0.220 e. The van der Waals surface area contributed by atoms with Crippen LogP contribution in [0.15, 0.2) is 12.7 Å². The zero-order valence-electron chi connectivity index (χ0n) is 19.5. The molecule has 0 aromatic carbocycles. The highest BCUT2D eigenvalue weighted by atomic mass is 33.1. The van der Waals surface area contributed by atoms with Gasteiger partial charge < -0.3 is 10.6 Å². The minimum atomic E-state index is 0.190. The lowest BCUT2D eigenvalue weighted by molar-refractivity contribution is -0.122. The van der Waals surface area contributed by atoms with Gasteiger partial charge in [-0.25, -0.2) is 0 Å². The number of rotatable bonds is 15. The van der Waals surface area contributed by atoms with Crippen LogP contribution >= 0.6 is 43.2 Å². The standard InChI is InChI=1S/2C12H21NOS2/c14-12(13-9-10-5-6-10)4-2-1-3-11-7-8-15-16-11;1-2-3-9-13-12(14)7-5-4-6-11-8-10-15-16-11/h10-11H,1-9H2,(H,13,14);2,11H,1,3-10H2,(H,13,14)/t2*11-/m11/s1. The average Bonchev–Trinajstić information content (AvgIpc) is 3.23. The Bertz CT molecular complexity index is 534. The van der Waals surface area contributed by atoms with Gasteiger partial charge in [-0.15, -0.1) is 6.58 Å². The van der Waals surface area contributed by atoms with E-state index in [9.17, 15) is 9.59 Å². The van der Waals surface area contributed by atoms with Crippen molar-refractivity contribution in [3.8, 4) is 0 Å². The number of carbonyl (C=O) groups is 2. The first-order valence-corrected chi connectivity index (χ1v) is 17.1. The third kappa shape index (κ3) is 15.1. The van der Waals surface area contributed by atoms with Gasteiger partial charge in [0.15, 0.2) is 0 Å². The fourth-order valence-corrected chi connectivity index (χ4v) is 9.57. The van der Waals surface area contributed by atoms with Crippen molar-refractivity contribution in [2.75, 3.05) is 24.6 Å². The van der Waals surface area contributed by atoms with E-state index in [1.54, 1.807) is 0 Å². The van der Waals surface area contributed by atoms with E-state index in [4.69, 9.17) is 0 Å². The first-order chi connectivity index (χ1) is 15.7. The molecule has 0 spiro atoms. The van der Waals surface area contributed by atoms with Crippen molar-refractivity contribution in [3.63, 3.8) is 0 Å². The summed E-state index contributed by atoms with van der Waals surface area (Å²) in [7, 11) is 8.05. The molecule has 8 heteroatoms. The van der Waals surface area contributed by atoms with Crippen LogP contribution in [-0.4, -0.2) is 46.9 Å². The van der Waals surface area contributed by atoms with Gasteiger partial charge in [-0.05, 0) is 63.7 Å². The van der Waals surface area contributed by atoms with Crippen LogP contribution in [0.4, 0.5) is 0 Å². The lowest BCUT2D eigenvalue weighted by Gasteiger charge is -2.07. The van der Waals surface area contributed by atoms with E-state index in [1.165, 1.54) is 62.9 Å². The van der Waals surface area contributed by atoms with E-state index in [0.717, 1.165) is 55.2 Å². The second kappa shape index (κ2) is 18.4. The molecule has 0 unspecified atom stereocenters. The minimum Gasteiger partial charge on any atom is -0.356 e. The van der Waals surface area contributed by atoms with Crippen LogP contribution in [0.3, 0.4) is 0 Å². The Hall–Kier alpha value is 0.0800. The van der Waals surface area contributed by atoms with Crippen LogP contribution in [0.5, 0.6) is 0 Å². The normalized spacial score (nSPS) is 22.1. The molecule has 2 atom stereocenters. The van der Waals surface area contributed by atoms with Gasteiger partial charge in [0.05, 0.1) is 0 Å². The Balaban J connectivity index is 0.000000227. The van der Waals surface area contributed by atoms with Crippen molar-refractivity contribution < 1.29 is 9.59 Å². The van der Waals surface area contributed by atoms with Crippen molar-refractivity contribution >= 4 is 55.0 Å². The molecule has 0 radical (unpaired) electrons. The monoisotopic (exact) mass is 518 g/mol. The van der Waals surface area contributed by atoms with E-state index in [0.29, 0.717) is 6.42 Å². The summed E-state index contributed by atoms with van der Waals surface area (Å²) in [5.41, 5.74) is 0. The average molecular weight is 519 g/mol. The minimum absolute atomic E-state index is 0.190. The van der Waals surface area contributed by atoms with E-state index in [2.05, 4.69) is 17.2 Å². The van der Waals surface area contributed by atoms with E-state index in [1.807, 2.05) is 49.3 Å². The molecule has 3 fully saturated rings. The quantitative estimate of drug-likeness (QED) is 0.144. The SMILES string of the molecule is C=CCCNC(=O)CCCC[C@@H]1CCSS1.O=C(CCCC[C@@H]1CCSS1)NCC1CC1. The van der Waals surface area contributed by atoms with Crippen molar-refractivity contribution in [2.24, 2.45) is 5.92 Å². The summed E-state index contributed by atoms with van der Waals surface area (Å²) in [6.07, 6.45) is 16.5. The molecule has 2 saturated heterocycles. The molecule has 2 amide bonds. The molecule has 4 nitrogen and oxygen atoms in total. The number of nitrogens with one attached hydrogen (secondary N) is 2. The molecule has 3 aliphatic rings. The van der Waals surface area contributed by atoms with Crippen LogP contribution in [0.25, 0.3) is 0 Å². The summed E-state index contributed by atoms with van der Waals surface area (Å²) >= 11 is 0. The molecule has 2 N–H and O–H groups in total. The van der Waals surface area contributed by atoms with Gasteiger partial charge in [-0.3, -0.25) is 9.59 Å². The smallest absolute Gasteiger partial charge is 0.220 e. The van der Waals surface area contributed by atoms with E-state index < -0.39 is 0 Å². The fourth-order valence-electron chi connectivity index (χ4n) is 3.51. The lowest BCUT2D eigenvalue weighted by atomic mass is 10.1. The van der Waals surface area contributed by atoms with Crippen LogP contribution in [0, 0.1) is 5.92 Å². The van der Waals surface area contributed by atoms with Crippen molar-refractivity contribution in [1.29, 1.82) is 0 Å². The second-order valence-corrected chi connectivity index (χ2v) is 14.4. The molecule has 2 heterocycles. The summed E-state index contributed by atoms with van der Waals surface area (Å²) < 4.78 is 0. The van der Waals surface area contributed by atoms with Crippen molar-refractivity contribution in [2.45, 2.75) is 94.0 Å². The lowest BCUT2D eigenvalue weighted by Crippen LogP contribution is -2.25. The molecule has 1 saturated carbocycles. The Morgan fingerprint density at radius 2 is 1.38 bits per heavy atom. The molecule has 2 aliphatic heterocycles. The summed E-state index contributed by atoms with van der Waals surface area (Å²) in [5, 5.41) is 7.62. The Morgan fingerprint density at radius 3 is 1.84 bits per heavy atom. The van der Waals surface area contributed by atoms with Gasteiger partial charge in [0.1, 0.15) is 0 Å². The van der Waals surface area contributed by atoms with Crippen LogP contribution in [0.2, 0.25) is 0 Å². The number of hydrogen-bond donors (Lipinski definition) is 2. The molecule has 0 bridgehead atoms. The van der Waals surface area contributed by atoms with Crippen LogP contribution < -0.4 is 10.6 Å².